The van der Waals surface area contributed by atoms with Gasteiger partial charge < -0.3 is 15.5 Å². The number of aliphatic carboxylic acids is 1. The number of carboxylic acids is 1. The van der Waals surface area contributed by atoms with Gasteiger partial charge in [-0.2, -0.15) is 0 Å². The molecule has 0 amide bonds. The highest BCUT2D eigenvalue weighted by atomic mass is 35.5. The summed E-state index contributed by atoms with van der Waals surface area (Å²) in [6.07, 6.45) is 4.61. The molecule has 4 rings (SSSR count). The Balaban J connectivity index is 1.61. The zero-order valence-corrected chi connectivity index (χ0v) is 22.3. The van der Waals surface area contributed by atoms with Crippen molar-refractivity contribution in [3.8, 4) is 0 Å². The summed E-state index contributed by atoms with van der Waals surface area (Å²) in [6.45, 7) is -0.0505. The van der Waals surface area contributed by atoms with E-state index in [2.05, 4.69) is 20.0 Å². The Morgan fingerprint density at radius 1 is 1.24 bits per heavy atom. The van der Waals surface area contributed by atoms with Gasteiger partial charge in [-0.15, -0.1) is 11.3 Å². The molecule has 1 atom stereocenters. The Hall–Kier alpha value is -2.38. The molecule has 0 radical (unpaired) electrons. The molecule has 1 aromatic carbocycles. The molecule has 0 spiro atoms. The van der Waals surface area contributed by atoms with Crippen LogP contribution in [0.3, 0.4) is 0 Å². The summed E-state index contributed by atoms with van der Waals surface area (Å²) in [5.74, 6) is -1.52. The van der Waals surface area contributed by atoms with Crippen molar-refractivity contribution in [3.63, 3.8) is 0 Å². The molecule has 2 aliphatic rings. The van der Waals surface area contributed by atoms with E-state index in [1.165, 1.54) is 23.5 Å². The van der Waals surface area contributed by atoms with Crippen LogP contribution in [0.4, 0.5) is 4.39 Å². The number of nitrogens with one attached hydrogen (secondary N) is 2. The van der Waals surface area contributed by atoms with Crippen molar-refractivity contribution in [2.24, 2.45) is 10.9 Å². The number of hydrogen-bond acceptors (Lipinski definition) is 8. The molecule has 4 N–H and O–H groups in total. The predicted octanol–water partition coefficient (Wildman–Crippen LogP) is 3.62. The smallest absolute Gasteiger partial charge is 0.335 e. The third-order valence-electron chi connectivity index (χ3n) is 6.50. The first-order valence-electron chi connectivity index (χ1n) is 12.0. The lowest BCUT2D eigenvalue weighted by Crippen LogP contribution is -2.42. The van der Waals surface area contributed by atoms with Crippen molar-refractivity contribution >= 4 is 44.8 Å². The van der Waals surface area contributed by atoms with Gasteiger partial charge in [0.05, 0.1) is 11.3 Å². The number of sulfonamides is 1. The number of rotatable bonds is 10. The number of aromatic nitrogens is 1. The van der Waals surface area contributed by atoms with E-state index in [9.17, 15) is 22.7 Å². The molecule has 37 heavy (non-hydrogen) atoms. The van der Waals surface area contributed by atoms with Crippen LogP contribution in [0.1, 0.15) is 55.1 Å². The molecule has 1 aliphatic heterocycles. The second kappa shape index (κ2) is 12.0. The molecule has 0 bridgehead atoms. The number of thiazole rings is 1. The van der Waals surface area contributed by atoms with Crippen LogP contribution < -0.4 is 10.0 Å². The van der Waals surface area contributed by atoms with Crippen LogP contribution in [0.25, 0.3) is 0 Å². The largest absolute Gasteiger partial charge is 0.478 e. The minimum atomic E-state index is -3.47. The van der Waals surface area contributed by atoms with Gasteiger partial charge in [-0.3, -0.25) is 4.99 Å². The molecule has 2 heterocycles. The normalized spacial score (nSPS) is 22.5. The Kier molecular flexibility index (Phi) is 8.96. The number of aliphatic imine (C=N–C) groups is 1. The lowest BCUT2D eigenvalue weighted by atomic mass is 9.80. The molecule has 1 saturated carbocycles. The quantitative estimate of drug-likeness (QED) is 0.320. The van der Waals surface area contributed by atoms with Gasteiger partial charge in [0.25, 0.3) is 0 Å². The molecule has 9 nitrogen and oxygen atoms in total. The number of aliphatic hydroxyl groups is 1. The van der Waals surface area contributed by atoms with Gasteiger partial charge in [0, 0.05) is 40.5 Å². The van der Waals surface area contributed by atoms with Crippen LogP contribution in [0.2, 0.25) is 5.02 Å². The fourth-order valence-electron chi connectivity index (χ4n) is 4.74. The maximum absolute atomic E-state index is 13.7. The minimum absolute atomic E-state index is 0.0295. The van der Waals surface area contributed by atoms with Crippen LogP contribution in [0.5, 0.6) is 0 Å². The number of carbonyl (C=O) groups is 1. The first kappa shape index (κ1) is 27.6. The fourth-order valence-corrected chi connectivity index (χ4v) is 7.04. The first-order valence-corrected chi connectivity index (χ1v) is 14.9. The van der Waals surface area contributed by atoms with E-state index < -0.39 is 27.9 Å². The molecular weight excluding hydrogens is 543 g/mol. The van der Waals surface area contributed by atoms with Crippen LogP contribution in [-0.2, 0) is 14.8 Å². The summed E-state index contributed by atoms with van der Waals surface area (Å²) in [4.78, 5) is 21.5. The van der Waals surface area contributed by atoms with Gasteiger partial charge in [0.2, 0.25) is 10.0 Å². The summed E-state index contributed by atoms with van der Waals surface area (Å²) >= 11 is 7.67. The third kappa shape index (κ3) is 6.74. The number of aliphatic hydroxyl groups excluding tert-OH is 1. The molecule has 1 aromatic heterocycles. The van der Waals surface area contributed by atoms with Gasteiger partial charge in [-0.1, -0.05) is 17.7 Å². The molecule has 1 aliphatic carbocycles. The zero-order valence-electron chi connectivity index (χ0n) is 19.9. The third-order valence-corrected chi connectivity index (χ3v) is 9.13. The monoisotopic (exact) mass is 570 g/mol. The van der Waals surface area contributed by atoms with Crippen molar-refractivity contribution in [1.82, 2.24) is 15.0 Å². The predicted molar refractivity (Wildman–Crippen MR) is 140 cm³/mol. The second-order valence-corrected chi connectivity index (χ2v) is 12.2. The van der Waals surface area contributed by atoms with Crippen molar-refractivity contribution in [2.75, 3.05) is 12.4 Å². The van der Waals surface area contributed by atoms with Crippen LogP contribution in [0.15, 0.2) is 46.0 Å². The molecule has 2 aromatic rings. The number of halogens is 2. The van der Waals surface area contributed by atoms with Crippen molar-refractivity contribution < 1.29 is 27.8 Å². The van der Waals surface area contributed by atoms with Crippen LogP contribution in [-0.4, -0.2) is 53.8 Å². The number of unbranched alkanes of at least 4 members (excludes halogenated alkanes) is 1. The SMILES string of the molecule is O=C(O)C1=C(C2CCC(NS(=O)(=O)CCCCO)CC2)NC(c2nccs2)=NC1c1ccc(F)cc1Cl. The highest BCUT2D eigenvalue weighted by molar-refractivity contribution is 7.89. The Morgan fingerprint density at radius 3 is 2.62 bits per heavy atom. The van der Waals surface area contributed by atoms with Gasteiger partial charge in [0.15, 0.2) is 10.8 Å². The lowest BCUT2D eigenvalue weighted by Gasteiger charge is -2.35. The second-order valence-electron chi connectivity index (χ2n) is 9.06. The number of nitrogens with zero attached hydrogens (tertiary/aromatic N) is 2. The first-order chi connectivity index (χ1) is 17.7. The zero-order chi connectivity index (χ0) is 26.6. The summed E-state index contributed by atoms with van der Waals surface area (Å²) < 4.78 is 41.2. The van der Waals surface area contributed by atoms with Crippen LogP contribution in [0, 0.1) is 11.7 Å². The van der Waals surface area contributed by atoms with E-state index in [-0.39, 0.29) is 34.9 Å². The standard InChI is InChI=1S/C24H28ClFN4O5S2/c25-18-13-15(26)5-8-17(18)21-19(24(32)33)20(28-22(29-21)23-27-9-11-36-23)14-3-6-16(7-4-14)30-37(34,35)12-2-1-10-31/h5,8-9,11,13-14,16,21,30-31H,1-4,6-7,10,12H2,(H,28,29)(H,32,33). The molecular formula is C24H28ClFN4O5S2. The van der Waals surface area contributed by atoms with Gasteiger partial charge in [-0.25, -0.2) is 27.3 Å². The molecule has 1 unspecified atom stereocenters. The Labute approximate surface area is 223 Å². The lowest BCUT2D eigenvalue weighted by molar-refractivity contribution is -0.133. The summed E-state index contributed by atoms with van der Waals surface area (Å²) in [5, 5.41) is 24.8. The van der Waals surface area contributed by atoms with E-state index in [1.54, 1.807) is 11.6 Å². The molecule has 13 heteroatoms. The van der Waals surface area contributed by atoms with E-state index in [0.29, 0.717) is 60.6 Å². The van der Waals surface area contributed by atoms with E-state index in [1.807, 2.05) is 0 Å². The Morgan fingerprint density at radius 2 is 2.00 bits per heavy atom. The average molecular weight is 571 g/mol. The van der Waals surface area contributed by atoms with Gasteiger partial charge in [0.1, 0.15) is 11.9 Å². The highest BCUT2D eigenvalue weighted by Crippen LogP contribution is 2.40. The number of benzene rings is 1. The van der Waals surface area contributed by atoms with Crippen molar-refractivity contribution in [3.05, 3.63) is 62.5 Å². The van der Waals surface area contributed by atoms with Crippen molar-refractivity contribution in [1.29, 1.82) is 0 Å². The highest BCUT2D eigenvalue weighted by Gasteiger charge is 2.37. The maximum Gasteiger partial charge on any atom is 0.335 e. The number of amidine groups is 1. The van der Waals surface area contributed by atoms with E-state index in [0.717, 1.165) is 6.07 Å². The summed E-state index contributed by atoms with van der Waals surface area (Å²) in [6, 6.07) is 2.58. The van der Waals surface area contributed by atoms with Crippen molar-refractivity contribution in [2.45, 2.75) is 50.6 Å². The van der Waals surface area contributed by atoms with E-state index in [4.69, 9.17) is 16.7 Å². The fraction of sp³-hybridized carbons (Fsp3) is 0.458. The number of carboxylic acid groups (broad SMARTS) is 1. The Bertz CT molecular complexity index is 1290. The molecule has 1 fully saturated rings. The molecule has 0 saturated heterocycles. The number of hydrogen-bond donors (Lipinski definition) is 4. The van der Waals surface area contributed by atoms with Gasteiger partial charge >= 0.3 is 5.97 Å². The average Bonchev–Trinajstić information content (AvgIpc) is 3.39. The molecule has 200 valence electrons. The summed E-state index contributed by atoms with van der Waals surface area (Å²) in [7, 11) is -3.47. The summed E-state index contributed by atoms with van der Waals surface area (Å²) in [5.41, 5.74) is 0.891. The minimum Gasteiger partial charge on any atom is -0.478 e. The van der Waals surface area contributed by atoms with Crippen LogP contribution >= 0.6 is 22.9 Å². The van der Waals surface area contributed by atoms with Gasteiger partial charge in [-0.05, 0) is 56.6 Å². The van der Waals surface area contributed by atoms with E-state index >= 15 is 0 Å². The topological polar surface area (TPSA) is 141 Å². The maximum atomic E-state index is 13.7. The number of allylic oxidation sites excluding steroid dienone is 1.